The van der Waals surface area contributed by atoms with E-state index in [0.29, 0.717) is 34.9 Å². The third-order valence-electron chi connectivity index (χ3n) is 5.74. The molecule has 0 spiro atoms. The summed E-state index contributed by atoms with van der Waals surface area (Å²) in [6, 6.07) is 17.6. The van der Waals surface area contributed by atoms with Crippen LogP contribution in [0.4, 0.5) is 5.69 Å². The molecule has 2 heterocycles. The molecular formula is C26H25ClN4O4. The summed E-state index contributed by atoms with van der Waals surface area (Å²) >= 11 is 5.89. The predicted octanol–water partition coefficient (Wildman–Crippen LogP) is 3.24. The minimum atomic E-state index is -0.576. The zero-order chi connectivity index (χ0) is 24.8. The highest BCUT2D eigenvalue weighted by Crippen LogP contribution is 2.16. The Morgan fingerprint density at radius 3 is 2.37 bits per heavy atom. The number of likely N-dealkylation sites (tertiary alicyclic amines) is 1. The van der Waals surface area contributed by atoms with E-state index in [-0.39, 0.29) is 36.2 Å². The molecule has 3 aromatic rings. The highest BCUT2D eigenvalue weighted by molar-refractivity contribution is 6.30. The summed E-state index contributed by atoms with van der Waals surface area (Å²) in [5.74, 6) is -0.643. The van der Waals surface area contributed by atoms with Gasteiger partial charge in [0.1, 0.15) is 0 Å². The van der Waals surface area contributed by atoms with E-state index in [1.807, 2.05) is 0 Å². The van der Waals surface area contributed by atoms with Crippen LogP contribution in [-0.2, 0) is 9.59 Å². The molecule has 0 saturated carbocycles. The molecule has 1 aliphatic rings. The van der Waals surface area contributed by atoms with E-state index in [1.165, 1.54) is 10.6 Å². The van der Waals surface area contributed by atoms with Gasteiger partial charge in [-0.3, -0.25) is 23.7 Å². The average Bonchev–Trinajstić information content (AvgIpc) is 3.25. The van der Waals surface area contributed by atoms with Gasteiger partial charge in [-0.05, 0) is 61.0 Å². The third kappa shape index (κ3) is 6.36. The summed E-state index contributed by atoms with van der Waals surface area (Å²) in [6.07, 6.45) is 2.88. The van der Waals surface area contributed by atoms with Gasteiger partial charge in [-0.15, -0.1) is 0 Å². The molecule has 35 heavy (non-hydrogen) atoms. The number of nitrogens with zero attached hydrogens (tertiary/aromatic N) is 2. The molecule has 3 amide bonds. The average molecular weight is 493 g/mol. The van der Waals surface area contributed by atoms with Crippen LogP contribution in [0.15, 0.2) is 77.7 Å². The van der Waals surface area contributed by atoms with E-state index in [9.17, 15) is 19.2 Å². The lowest BCUT2D eigenvalue weighted by Crippen LogP contribution is -2.46. The van der Waals surface area contributed by atoms with E-state index in [4.69, 9.17) is 11.6 Å². The third-order valence-corrected chi connectivity index (χ3v) is 5.99. The van der Waals surface area contributed by atoms with Gasteiger partial charge >= 0.3 is 0 Å². The van der Waals surface area contributed by atoms with Crippen molar-refractivity contribution in [3.8, 4) is 5.69 Å². The first-order chi connectivity index (χ1) is 16.9. The van der Waals surface area contributed by atoms with Gasteiger partial charge < -0.3 is 15.5 Å². The van der Waals surface area contributed by atoms with Gasteiger partial charge in [0.05, 0.1) is 6.04 Å². The van der Waals surface area contributed by atoms with Gasteiger partial charge in [0.15, 0.2) is 0 Å². The predicted molar refractivity (Wildman–Crippen MR) is 134 cm³/mol. The largest absolute Gasteiger partial charge is 0.347 e. The molecule has 1 aromatic heterocycles. The lowest BCUT2D eigenvalue weighted by Gasteiger charge is -2.24. The first kappa shape index (κ1) is 24.2. The molecule has 1 fully saturated rings. The molecule has 1 aliphatic heterocycles. The number of pyridine rings is 1. The van der Waals surface area contributed by atoms with Crippen LogP contribution in [0.5, 0.6) is 0 Å². The molecular weight excluding hydrogens is 468 g/mol. The monoisotopic (exact) mass is 492 g/mol. The van der Waals surface area contributed by atoms with E-state index in [2.05, 4.69) is 10.6 Å². The SMILES string of the molecule is O=C(CC(CN1CCCC1=O)NC(=O)c1ccc(-n2ccccc2=O)cc1)Nc1ccc(Cl)cc1. The lowest BCUT2D eigenvalue weighted by molar-refractivity contribution is -0.128. The number of carbonyl (C=O) groups excluding carboxylic acids is 3. The summed E-state index contributed by atoms with van der Waals surface area (Å²) in [5, 5.41) is 6.25. The molecule has 180 valence electrons. The second kappa shape index (κ2) is 11.0. The molecule has 0 aliphatic carbocycles. The Morgan fingerprint density at radius 2 is 1.71 bits per heavy atom. The van der Waals surface area contributed by atoms with E-state index >= 15 is 0 Å². The fourth-order valence-corrected chi connectivity index (χ4v) is 4.10. The molecule has 0 bridgehead atoms. The van der Waals surface area contributed by atoms with Crippen molar-refractivity contribution >= 4 is 35.0 Å². The highest BCUT2D eigenvalue weighted by atomic mass is 35.5. The van der Waals surface area contributed by atoms with Crippen LogP contribution in [0.3, 0.4) is 0 Å². The van der Waals surface area contributed by atoms with Crippen molar-refractivity contribution in [2.45, 2.75) is 25.3 Å². The van der Waals surface area contributed by atoms with Gasteiger partial charge in [0, 0.05) is 60.2 Å². The summed E-state index contributed by atoms with van der Waals surface area (Å²) in [6.45, 7) is 0.848. The number of amides is 3. The Kier molecular flexibility index (Phi) is 7.62. The summed E-state index contributed by atoms with van der Waals surface area (Å²) < 4.78 is 1.48. The molecule has 2 aromatic carbocycles. The molecule has 1 atom stereocenters. The first-order valence-corrected chi connectivity index (χ1v) is 11.7. The Morgan fingerprint density at radius 1 is 0.971 bits per heavy atom. The number of hydrogen-bond donors (Lipinski definition) is 2. The van der Waals surface area contributed by atoms with Crippen LogP contribution >= 0.6 is 11.6 Å². The van der Waals surface area contributed by atoms with Crippen LogP contribution < -0.4 is 16.2 Å². The molecule has 1 unspecified atom stereocenters. The van der Waals surface area contributed by atoms with Crippen molar-refractivity contribution in [1.29, 1.82) is 0 Å². The van der Waals surface area contributed by atoms with Crippen LogP contribution in [0.1, 0.15) is 29.6 Å². The van der Waals surface area contributed by atoms with Crippen LogP contribution in [0, 0.1) is 0 Å². The van der Waals surface area contributed by atoms with Crippen molar-refractivity contribution in [2.75, 3.05) is 18.4 Å². The van der Waals surface area contributed by atoms with E-state index in [0.717, 1.165) is 6.42 Å². The molecule has 1 saturated heterocycles. The van der Waals surface area contributed by atoms with Gasteiger partial charge in [-0.25, -0.2) is 0 Å². The molecule has 2 N–H and O–H groups in total. The molecule has 8 nitrogen and oxygen atoms in total. The molecule has 4 rings (SSSR count). The maximum absolute atomic E-state index is 13.0. The normalized spacial score (nSPS) is 14.0. The van der Waals surface area contributed by atoms with Gasteiger partial charge in [0.2, 0.25) is 11.8 Å². The van der Waals surface area contributed by atoms with Crippen molar-refractivity contribution in [3.05, 3.63) is 93.9 Å². The van der Waals surface area contributed by atoms with Crippen molar-refractivity contribution in [3.63, 3.8) is 0 Å². The van der Waals surface area contributed by atoms with Gasteiger partial charge in [-0.1, -0.05) is 17.7 Å². The number of rotatable bonds is 8. The van der Waals surface area contributed by atoms with Crippen molar-refractivity contribution in [1.82, 2.24) is 14.8 Å². The Bertz CT molecular complexity index is 1270. The summed E-state index contributed by atoms with van der Waals surface area (Å²) in [5.41, 5.74) is 1.43. The van der Waals surface area contributed by atoms with Gasteiger partial charge in [-0.2, -0.15) is 0 Å². The Balaban J connectivity index is 1.45. The van der Waals surface area contributed by atoms with Crippen LogP contribution in [-0.4, -0.2) is 46.3 Å². The number of anilines is 1. The number of carbonyl (C=O) groups is 3. The quantitative estimate of drug-likeness (QED) is 0.504. The second-order valence-electron chi connectivity index (χ2n) is 8.33. The topological polar surface area (TPSA) is 101 Å². The zero-order valence-electron chi connectivity index (χ0n) is 18.9. The van der Waals surface area contributed by atoms with Gasteiger partial charge in [0.25, 0.3) is 11.5 Å². The fourth-order valence-electron chi connectivity index (χ4n) is 3.98. The van der Waals surface area contributed by atoms with E-state index in [1.54, 1.807) is 71.8 Å². The van der Waals surface area contributed by atoms with Crippen LogP contribution in [0.2, 0.25) is 5.02 Å². The minimum Gasteiger partial charge on any atom is -0.347 e. The number of benzene rings is 2. The number of nitrogens with one attached hydrogen (secondary N) is 2. The van der Waals surface area contributed by atoms with Crippen LogP contribution in [0.25, 0.3) is 5.69 Å². The first-order valence-electron chi connectivity index (χ1n) is 11.3. The smallest absolute Gasteiger partial charge is 0.255 e. The second-order valence-corrected chi connectivity index (χ2v) is 8.77. The summed E-state index contributed by atoms with van der Waals surface area (Å²) in [4.78, 5) is 51.5. The van der Waals surface area contributed by atoms with Crippen molar-refractivity contribution < 1.29 is 14.4 Å². The fraction of sp³-hybridized carbons (Fsp3) is 0.231. The Labute approximate surface area is 207 Å². The number of aromatic nitrogens is 1. The highest BCUT2D eigenvalue weighted by Gasteiger charge is 2.26. The Hall–Kier alpha value is -3.91. The number of hydrogen-bond acceptors (Lipinski definition) is 4. The maximum Gasteiger partial charge on any atom is 0.255 e. The molecule has 9 heteroatoms. The van der Waals surface area contributed by atoms with Crippen molar-refractivity contribution in [2.24, 2.45) is 0 Å². The molecule has 0 radical (unpaired) electrons. The lowest BCUT2D eigenvalue weighted by atomic mass is 10.1. The number of halogens is 1. The summed E-state index contributed by atoms with van der Waals surface area (Å²) in [7, 11) is 0. The minimum absolute atomic E-state index is 0.00433. The van der Waals surface area contributed by atoms with E-state index < -0.39 is 6.04 Å². The maximum atomic E-state index is 13.0. The standard InChI is InChI=1S/C26H25ClN4O4/c27-19-8-10-20(11-9-19)28-23(32)16-21(17-30-14-3-5-24(30)33)29-26(35)18-6-12-22(13-7-18)31-15-2-1-4-25(31)34/h1-2,4,6-13,15,21H,3,5,14,16-17H2,(H,28,32)(H,29,35). The zero-order valence-corrected chi connectivity index (χ0v) is 19.7.